The van der Waals surface area contributed by atoms with Gasteiger partial charge in [-0.15, -0.1) is 0 Å². The van der Waals surface area contributed by atoms with Crippen LogP contribution in [-0.4, -0.2) is 10.9 Å². The number of nitrogens with zero attached hydrogens (tertiary/aromatic N) is 1. The Hall–Kier alpha value is -2.01. The van der Waals surface area contributed by atoms with E-state index in [2.05, 4.69) is 30.2 Å². The van der Waals surface area contributed by atoms with Gasteiger partial charge < -0.3 is 15.5 Å². The average Bonchev–Trinajstić information content (AvgIpc) is 2.79. The molecule has 0 radical (unpaired) electrons. The number of rotatable bonds is 3. The lowest BCUT2D eigenvalue weighted by molar-refractivity contribution is 0.1000. The van der Waals surface area contributed by atoms with Crippen molar-refractivity contribution in [1.29, 1.82) is 0 Å². The van der Waals surface area contributed by atoms with E-state index in [1.54, 1.807) is 0 Å². The van der Waals surface area contributed by atoms with Gasteiger partial charge in [-0.3, -0.25) is 4.79 Å². The molecular weight excluding hydrogens is 314 g/mol. The van der Waals surface area contributed by atoms with Crippen molar-refractivity contribution in [3.8, 4) is 0 Å². The molecule has 3 rings (SSSR count). The lowest BCUT2D eigenvalue weighted by Gasteiger charge is -2.35. The van der Waals surface area contributed by atoms with Gasteiger partial charge in [0.2, 0.25) is 5.91 Å². The van der Waals surface area contributed by atoms with Crippen LogP contribution in [0, 0.1) is 12.3 Å². The van der Waals surface area contributed by atoms with Gasteiger partial charge in [-0.2, -0.15) is 0 Å². The van der Waals surface area contributed by atoms with Gasteiger partial charge in [-0.1, -0.05) is 25.4 Å². The van der Waals surface area contributed by atoms with Crippen molar-refractivity contribution in [2.45, 2.75) is 39.7 Å². The minimum Gasteiger partial charge on any atom is -0.466 e. The van der Waals surface area contributed by atoms with Gasteiger partial charge in [0.25, 0.3) is 0 Å². The molecule has 0 saturated carbocycles. The van der Waals surface area contributed by atoms with Crippen LogP contribution in [0.3, 0.4) is 0 Å². The Morgan fingerprint density at radius 2 is 2.22 bits per heavy atom. The summed E-state index contributed by atoms with van der Waals surface area (Å²) < 4.78 is 5.84. The molecule has 0 fully saturated rings. The number of nitrogens with two attached hydrogens (primary N) is 1. The fraction of sp³-hybridized carbons (Fsp3) is 0.412. The number of halogens is 1. The summed E-state index contributed by atoms with van der Waals surface area (Å²) >= 11 is 6.24. The minimum absolute atomic E-state index is 0.0654. The van der Waals surface area contributed by atoms with Crippen LogP contribution in [0.25, 0.3) is 0 Å². The standard InChI is InChI=1S/C17H20ClN3O2/c1-9-4-11-13(6-17(2,3)7-14(11)23-9)21-16-12(18)5-10(8-20-16)15(19)22/h4-5,8,13H,6-7H2,1-3H3,(H2,19,22)(H,20,21). The Labute approximate surface area is 140 Å². The van der Waals surface area contributed by atoms with Crippen molar-refractivity contribution in [2.24, 2.45) is 11.1 Å². The largest absolute Gasteiger partial charge is 0.466 e. The molecule has 6 heteroatoms. The molecule has 2 aromatic rings. The highest BCUT2D eigenvalue weighted by molar-refractivity contribution is 6.33. The second-order valence-corrected chi connectivity index (χ2v) is 7.30. The Kier molecular flexibility index (Phi) is 3.84. The summed E-state index contributed by atoms with van der Waals surface area (Å²) in [5, 5.41) is 3.77. The quantitative estimate of drug-likeness (QED) is 0.893. The topological polar surface area (TPSA) is 81.2 Å². The van der Waals surface area contributed by atoms with E-state index in [0.29, 0.717) is 16.4 Å². The van der Waals surface area contributed by atoms with Gasteiger partial charge in [0.15, 0.2) is 0 Å². The number of pyridine rings is 1. The number of amides is 1. The van der Waals surface area contributed by atoms with Crippen LogP contribution in [0.4, 0.5) is 5.82 Å². The number of furan rings is 1. The molecule has 0 bridgehead atoms. The first-order valence-corrected chi connectivity index (χ1v) is 7.94. The first kappa shape index (κ1) is 15.9. The number of primary amides is 1. The van der Waals surface area contributed by atoms with Crippen LogP contribution < -0.4 is 11.1 Å². The lowest BCUT2D eigenvalue weighted by atomic mass is 9.75. The van der Waals surface area contributed by atoms with E-state index in [1.165, 1.54) is 12.3 Å². The van der Waals surface area contributed by atoms with E-state index in [-0.39, 0.29) is 11.5 Å². The third-order valence-electron chi connectivity index (χ3n) is 4.17. The predicted octanol–water partition coefficient (Wildman–Crippen LogP) is 3.86. The molecule has 0 saturated heterocycles. The normalized spacial score (nSPS) is 19.2. The Balaban J connectivity index is 1.92. The highest BCUT2D eigenvalue weighted by Gasteiger charge is 2.35. The Morgan fingerprint density at radius 1 is 1.48 bits per heavy atom. The van der Waals surface area contributed by atoms with Crippen LogP contribution in [0.5, 0.6) is 0 Å². The molecule has 1 atom stereocenters. The smallest absolute Gasteiger partial charge is 0.250 e. The molecule has 122 valence electrons. The number of carbonyl (C=O) groups excluding carboxylic acids is 1. The minimum atomic E-state index is -0.544. The summed E-state index contributed by atoms with van der Waals surface area (Å²) in [6, 6.07) is 3.67. The van der Waals surface area contributed by atoms with Crippen molar-refractivity contribution in [2.75, 3.05) is 5.32 Å². The molecule has 1 aliphatic carbocycles. The summed E-state index contributed by atoms with van der Waals surface area (Å²) in [5.74, 6) is 1.92. The first-order valence-electron chi connectivity index (χ1n) is 7.56. The number of carbonyl (C=O) groups is 1. The van der Waals surface area contributed by atoms with E-state index in [4.69, 9.17) is 21.8 Å². The number of anilines is 1. The highest BCUT2D eigenvalue weighted by atomic mass is 35.5. The van der Waals surface area contributed by atoms with Crippen molar-refractivity contribution >= 4 is 23.3 Å². The molecular formula is C17H20ClN3O2. The van der Waals surface area contributed by atoms with E-state index < -0.39 is 5.91 Å². The Morgan fingerprint density at radius 3 is 2.87 bits per heavy atom. The summed E-state index contributed by atoms with van der Waals surface area (Å²) in [5.41, 5.74) is 6.82. The van der Waals surface area contributed by atoms with Gasteiger partial charge in [-0.05, 0) is 30.9 Å². The number of fused-ring (bicyclic) bond motifs is 1. The van der Waals surface area contributed by atoms with Crippen molar-refractivity contribution < 1.29 is 9.21 Å². The molecule has 1 amide bonds. The number of hydrogen-bond donors (Lipinski definition) is 2. The highest BCUT2D eigenvalue weighted by Crippen LogP contribution is 2.43. The second kappa shape index (κ2) is 5.57. The lowest BCUT2D eigenvalue weighted by Crippen LogP contribution is -2.28. The maximum Gasteiger partial charge on any atom is 0.250 e. The third kappa shape index (κ3) is 3.20. The van der Waals surface area contributed by atoms with Crippen LogP contribution in [0.1, 0.15) is 53.8 Å². The molecule has 0 aliphatic heterocycles. The van der Waals surface area contributed by atoms with E-state index >= 15 is 0 Å². The number of aromatic nitrogens is 1. The molecule has 1 unspecified atom stereocenters. The molecule has 0 aromatic carbocycles. The molecule has 2 aromatic heterocycles. The van der Waals surface area contributed by atoms with Gasteiger partial charge in [0, 0.05) is 18.2 Å². The second-order valence-electron chi connectivity index (χ2n) is 6.90. The molecule has 5 nitrogen and oxygen atoms in total. The number of hydrogen-bond acceptors (Lipinski definition) is 4. The maximum absolute atomic E-state index is 11.2. The van der Waals surface area contributed by atoms with Crippen LogP contribution in [0.2, 0.25) is 5.02 Å². The summed E-state index contributed by atoms with van der Waals surface area (Å²) in [7, 11) is 0. The van der Waals surface area contributed by atoms with Gasteiger partial charge in [-0.25, -0.2) is 4.98 Å². The van der Waals surface area contributed by atoms with Crippen molar-refractivity contribution in [3.05, 3.63) is 46.0 Å². The van der Waals surface area contributed by atoms with E-state index in [9.17, 15) is 4.79 Å². The van der Waals surface area contributed by atoms with Gasteiger partial charge in [0.05, 0.1) is 16.6 Å². The fourth-order valence-electron chi connectivity index (χ4n) is 3.16. The predicted molar refractivity (Wildman–Crippen MR) is 89.7 cm³/mol. The van der Waals surface area contributed by atoms with Crippen LogP contribution in [-0.2, 0) is 6.42 Å². The number of aryl methyl sites for hydroxylation is 1. The summed E-state index contributed by atoms with van der Waals surface area (Å²) in [6.45, 7) is 6.39. The van der Waals surface area contributed by atoms with E-state index in [1.807, 2.05) is 6.92 Å². The van der Waals surface area contributed by atoms with Crippen LogP contribution >= 0.6 is 11.6 Å². The summed E-state index contributed by atoms with van der Waals surface area (Å²) in [6.07, 6.45) is 3.29. The molecule has 2 heterocycles. The third-order valence-corrected chi connectivity index (χ3v) is 4.46. The molecule has 23 heavy (non-hydrogen) atoms. The van der Waals surface area contributed by atoms with Crippen molar-refractivity contribution in [3.63, 3.8) is 0 Å². The van der Waals surface area contributed by atoms with Gasteiger partial charge in [0.1, 0.15) is 17.3 Å². The molecule has 1 aliphatic rings. The molecule has 0 spiro atoms. The van der Waals surface area contributed by atoms with Gasteiger partial charge >= 0.3 is 0 Å². The fourth-order valence-corrected chi connectivity index (χ4v) is 3.38. The average molecular weight is 334 g/mol. The monoisotopic (exact) mass is 333 g/mol. The zero-order valence-electron chi connectivity index (χ0n) is 13.4. The molecule has 3 N–H and O–H groups in total. The van der Waals surface area contributed by atoms with Crippen molar-refractivity contribution in [1.82, 2.24) is 4.98 Å². The van der Waals surface area contributed by atoms with Crippen LogP contribution in [0.15, 0.2) is 22.7 Å². The van der Waals surface area contributed by atoms with E-state index in [0.717, 1.165) is 29.9 Å². The Bertz CT molecular complexity index is 767. The zero-order chi connectivity index (χ0) is 16.8. The maximum atomic E-state index is 11.2. The zero-order valence-corrected chi connectivity index (χ0v) is 14.2. The SMILES string of the molecule is Cc1cc2c(o1)CC(C)(C)CC2Nc1ncc(C(N)=O)cc1Cl. The first-order chi connectivity index (χ1) is 10.7. The number of nitrogens with one attached hydrogen (secondary N) is 1. The summed E-state index contributed by atoms with van der Waals surface area (Å²) in [4.78, 5) is 15.4.